The Morgan fingerprint density at radius 3 is 2.96 bits per heavy atom. The predicted molar refractivity (Wildman–Crippen MR) is 98.9 cm³/mol. The van der Waals surface area contributed by atoms with Gasteiger partial charge in [0, 0.05) is 26.2 Å². The molecule has 1 aromatic carbocycles. The van der Waals surface area contributed by atoms with Crippen LogP contribution in [0, 0.1) is 0 Å². The van der Waals surface area contributed by atoms with Gasteiger partial charge in [0.05, 0.1) is 24.0 Å². The number of amides is 1. The molecule has 1 saturated heterocycles. The average molecular weight is 368 g/mol. The maximum Gasteiger partial charge on any atom is 0.258 e. The Kier molecular flexibility index (Phi) is 4.04. The van der Waals surface area contributed by atoms with E-state index in [2.05, 4.69) is 10.00 Å². The average Bonchev–Trinajstić information content (AvgIpc) is 3.22. The SMILES string of the molecule is Cn1ncc2c1CN([C@H]1CCCN(C[C@H]3COc4ccccc4O3)C1)C2=O. The molecule has 2 atom stereocenters. The van der Waals surface area contributed by atoms with E-state index in [1.54, 1.807) is 6.20 Å². The second-order valence-electron chi connectivity index (χ2n) is 7.61. The van der Waals surface area contributed by atoms with Gasteiger partial charge in [0.25, 0.3) is 5.91 Å². The second kappa shape index (κ2) is 6.56. The van der Waals surface area contributed by atoms with Gasteiger partial charge in [0.2, 0.25) is 0 Å². The summed E-state index contributed by atoms with van der Waals surface area (Å²) in [4.78, 5) is 17.2. The number of nitrogens with zero attached hydrogens (tertiary/aromatic N) is 4. The number of likely N-dealkylation sites (tertiary alicyclic amines) is 1. The molecule has 0 bridgehead atoms. The maximum atomic E-state index is 12.8. The van der Waals surface area contributed by atoms with E-state index in [4.69, 9.17) is 9.47 Å². The Hall–Kier alpha value is -2.54. The van der Waals surface area contributed by atoms with Crippen molar-refractivity contribution in [3.05, 3.63) is 41.7 Å². The van der Waals surface area contributed by atoms with Gasteiger partial charge in [-0.15, -0.1) is 0 Å². The Morgan fingerprint density at radius 1 is 1.26 bits per heavy atom. The third-order valence-corrected chi connectivity index (χ3v) is 5.82. The summed E-state index contributed by atoms with van der Waals surface area (Å²) in [5.74, 6) is 1.76. The molecule has 1 aromatic heterocycles. The summed E-state index contributed by atoms with van der Waals surface area (Å²) in [6.45, 7) is 3.97. The number of fused-ring (bicyclic) bond motifs is 2. The molecule has 0 unspecified atom stereocenters. The molecule has 27 heavy (non-hydrogen) atoms. The van der Waals surface area contributed by atoms with E-state index in [1.165, 1.54) is 0 Å². The van der Waals surface area contributed by atoms with Crippen molar-refractivity contribution in [3.8, 4) is 11.5 Å². The first-order chi connectivity index (χ1) is 13.2. The number of benzene rings is 1. The van der Waals surface area contributed by atoms with Gasteiger partial charge in [-0.05, 0) is 31.5 Å². The normalized spacial score (nSPS) is 24.9. The number of para-hydroxylation sites is 2. The van der Waals surface area contributed by atoms with Crippen LogP contribution in [0.1, 0.15) is 28.9 Å². The first kappa shape index (κ1) is 16.6. The van der Waals surface area contributed by atoms with Crippen LogP contribution in [0.15, 0.2) is 30.5 Å². The minimum Gasteiger partial charge on any atom is -0.486 e. The third-order valence-electron chi connectivity index (χ3n) is 5.82. The maximum absolute atomic E-state index is 12.8. The van der Waals surface area contributed by atoms with Crippen molar-refractivity contribution in [2.75, 3.05) is 26.2 Å². The molecule has 5 rings (SSSR count). The van der Waals surface area contributed by atoms with Crippen LogP contribution >= 0.6 is 0 Å². The van der Waals surface area contributed by atoms with Gasteiger partial charge in [0.1, 0.15) is 12.7 Å². The fourth-order valence-electron chi connectivity index (χ4n) is 4.40. The number of ether oxygens (including phenoxy) is 2. The van der Waals surface area contributed by atoms with Crippen molar-refractivity contribution in [2.24, 2.45) is 7.05 Å². The van der Waals surface area contributed by atoms with E-state index in [0.717, 1.165) is 55.2 Å². The van der Waals surface area contributed by atoms with Crippen LogP contribution in [0.5, 0.6) is 11.5 Å². The van der Waals surface area contributed by atoms with Crippen molar-refractivity contribution in [1.82, 2.24) is 19.6 Å². The van der Waals surface area contributed by atoms with Crippen molar-refractivity contribution in [1.29, 1.82) is 0 Å². The summed E-state index contributed by atoms with van der Waals surface area (Å²) in [7, 11) is 1.90. The Balaban J connectivity index is 1.23. The van der Waals surface area contributed by atoms with Crippen molar-refractivity contribution >= 4 is 5.91 Å². The van der Waals surface area contributed by atoms with E-state index in [-0.39, 0.29) is 18.1 Å². The standard InChI is InChI=1S/C20H24N4O3/c1-22-17-12-24(20(25)16(17)9-21-22)14-5-4-8-23(10-14)11-15-13-26-18-6-2-3-7-19(18)27-15/h2-3,6-7,9,14-15H,4-5,8,10-13H2,1H3/t14-,15-/m0/s1. The van der Waals surface area contributed by atoms with Crippen molar-refractivity contribution < 1.29 is 14.3 Å². The number of aromatic nitrogens is 2. The number of carbonyl (C=O) groups is 1. The van der Waals surface area contributed by atoms with Crippen LogP contribution in [0.25, 0.3) is 0 Å². The number of aryl methyl sites for hydroxylation is 1. The van der Waals surface area contributed by atoms with Gasteiger partial charge >= 0.3 is 0 Å². The highest BCUT2D eigenvalue weighted by atomic mass is 16.6. The summed E-state index contributed by atoms with van der Waals surface area (Å²) < 4.78 is 13.8. The topological polar surface area (TPSA) is 59.8 Å². The van der Waals surface area contributed by atoms with E-state index < -0.39 is 0 Å². The molecule has 142 valence electrons. The molecule has 0 saturated carbocycles. The Bertz CT molecular complexity index is 865. The molecular formula is C20H24N4O3. The summed E-state index contributed by atoms with van der Waals surface area (Å²) >= 11 is 0. The van der Waals surface area contributed by atoms with E-state index in [9.17, 15) is 4.79 Å². The molecule has 0 radical (unpaired) electrons. The fourth-order valence-corrected chi connectivity index (χ4v) is 4.40. The van der Waals surface area contributed by atoms with Crippen LogP contribution in [0.3, 0.4) is 0 Å². The second-order valence-corrected chi connectivity index (χ2v) is 7.61. The number of piperidine rings is 1. The first-order valence-electron chi connectivity index (χ1n) is 9.62. The number of hydrogen-bond acceptors (Lipinski definition) is 5. The van der Waals surface area contributed by atoms with Gasteiger partial charge in [-0.25, -0.2) is 0 Å². The number of carbonyl (C=O) groups excluding carboxylic acids is 1. The van der Waals surface area contributed by atoms with Crippen LogP contribution < -0.4 is 9.47 Å². The van der Waals surface area contributed by atoms with E-state index >= 15 is 0 Å². The highest BCUT2D eigenvalue weighted by Gasteiger charge is 2.37. The Morgan fingerprint density at radius 2 is 2.11 bits per heavy atom. The predicted octanol–water partition coefficient (Wildman–Crippen LogP) is 1.68. The lowest BCUT2D eigenvalue weighted by atomic mass is 10.0. The molecule has 0 N–H and O–H groups in total. The molecule has 4 heterocycles. The van der Waals surface area contributed by atoms with Crippen LogP contribution in [0.4, 0.5) is 0 Å². The lowest BCUT2D eigenvalue weighted by Gasteiger charge is -2.39. The van der Waals surface area contributed by atoms with Crippen molar-refractivity contribution in [3.63, 3.8) is 0 Å². The molecule has 2 aromatic rings. The summed E-state index contributed by atoms with van der Waals surface area (Å²) in [6, 6.07) is 8.06. The third kappa shape index (κ3) is 2.96. The quantitative estimate of drug-likeness (QED) is 0.825. The van der Waals surface area contributed by atoms with Gasteiger partial charge in [0.15, 0.2) is 11.5 Å². The van der Waals surface area contributed by atoms with Crippen LogP contribution in [-0.2, 0) is 13.6 Å². The van der Waals surface area contributed by atoms with Gasteiger partial charge in [-0.3, -0.25) is 14.4 Å². The summed E-state index contributed by atoms with van der Waals surface area (Å²) in [5.41, 5.74) is 1.79. The minimum absolute atomic E-state index is 0.0225. The van der Waals surface area contributed by atoms with E-state index in [1.807, 2.05) is 40.9 Å². The molecule has 0 aliphatic carbocycles. The number of rotatable bonds is 3. The van der Waals surface area contributed by atoms with E-state index in [0.29, 0.717) is 13.2 Å². The van der Waals surface area contributed by atoms with Crippen LogP contribution in [0.2, 0.25) is 0 Å². The largest absolute Gasteiger partial charge is 0.486 e. The smallest absolute Gasteiger partial charge is 0.258 e. The highest BCUT2D eigenvalue weighted by molar-refractivity contribution is 5.97. The minimum atomic E-state index is 0.0225. The van der Waals surface area contributed by atoms with Crippen molar-refractivity contribution in [2.45, 2.75) is 31.5 Å². The Labute approximate surface area is 158 Å². The molecule has 0 spiro atoms. The highest BCUT2D eigenvalue weighted by Crippen LogP contribution is 2.32. The molecule has 1 amide bonds. The zero-order valence-corrected chi connectivity index (χ0v) is 15.5. The van der Waals surface area contributed by atoms with Gasteiger partial charge < -0.3 is 14.4 Å². The molecule has 7 heteroatoms. The molecular weight excluding hydrogens is 344 g/mol. The molecule has 3 aliphatic heterocycles. The number of hydrogen-bond donors (Lipinski definition) is 0. The molecule has 3 aliphatic rings. The molecule has 1 fully saturated rings. The lowest BCUT2D eigenvalue weighted by Crippen LogP contribution is -2.51. The van der Waals surface area contributed by atoms with Gasteiger partial charge in [-0.2, -0.15) is 5.10 Å². The fraction of sp³-hybridized carbons (Fsp3) is 0.500. The zero-order chi connectivity index (χ0) is 18.4. The van der Waals surface area contributed by atoms with Gasteiger partial charge in [-0.1, -0.05) is 12.1 Å². The summed E-state index contributed by atoms with van der Waals surface area (Å²) in [6.07, 6.45) is 3.86. The van der Waals surface area contributed by atoms with Crippen LogP contribution in [-0.4, -0.2) is 63.9 Å². The molecule has 7 nitrogen and oxygen atoms in total. The first-order valence-corrected chi connectivity index (χ1v) is 9.62. The monoisotopic (exact) mass is 368 g/mol. The lowest BCUT2D eigenvalue weighted by molar-refractivity contribution is 0.0304. The summed E-state index contributed by atoms with van der Waals surface area (Å²) in [5, 5.41) is 4.21. The zero-order valence-electron chi connectivity index (χ0n) is 15.5.